The molecule has 1 amide bonds. The molecule has 1 heterocycles. The number of amides is 1. The van der Waals surface area contributed by atoms with Gasteiger partial charge in [0.15, 0.2) is 5.76 Å². The largest absolute Gasteiger partial charge is 0.503 e. The number of carbonyl (C=O) groups is 1. The topological polar surface area (TPSA) is 49.3 Å². The lowest BCUT2D eigenvalue weighted by Crippen LogP contribution is -2.21. The van der Waals surface area contributed by atoms with Crippen LogP contribution >= 0.6 is 0 Å². The molecule has 3 heteroatoms. The van der Waals surface area contributed by atoms with Crippen molar-refractivity contribution in [2.24, 2.45) is 0 Å². The van der Waals surface area contributed by atoms with Crippen LogP contribution in [0.3, 0.4) is 0 Å². The zero-order chi connectivity index (χ0) is 11.0. The van der Waals surface area contributed by atoms with Crippen LogP contribution in [0.2, 0.25) is 0 Å². The average molecular weight is 203 g/mol. The molecule has 1 aromatic rings. The summed E-state index contributed by atoms with van der Waals surface area (Å²) in [5.41, 5.74) is 2.83. The summed E-state index contributed by atoms with van der Waals surface area (Å²) in [4.78, 5) is 11.2. The molecule has 2 N–H and O–H groups in total. The number of hydrogen-bond acceptors (Lipinski definition) is 2. The molecule has 3 nitrogen and oxygen atoms in total. The van der Waals surface area contributed by atoms with Gasteiger partial charge in [-0.2, -0.15) is 0 Å². The second-order valence-electron chi connectivity index (χ2n) is 3.85. The molecule has 78 valence electrons. The Morgan fingerprint density at radius 1 is 1.33 bits per heavy atom. The Morgan fingerprint density at radius 2 is 2.07 bits per heavy atom. The maximum Gasteiger partial charge on any atom is 0.286 e. The Labute approximate surface area is 88.4 Å². The van der Waals surface area contributed by atoms with E-state index < -0.39 is 0 Å². The summed E-state index contributed by atoms with van der Waals surface area (Å²) in [6.45, 7) is 3.76. The second-order valence-corrected chi connectivity index (χ2v) is 3.85. The summed E-state index contributed by atoms with van der Waals surface area (Å²) >= 11 is 0. The van der Waals surface area contributed by atoms with Crippen molar-refractivity contribution in [1.82, 2.24) is 5.32 Å². The molecule has 0 spiro atoms. The molecule has 1 atom stereocenters. The van der Waals surface area contributed by atoms with Crippen LogP contribution in [-0.2, 0) is 4.79 Å². The first-order chi connectivity index (χ1) is 7.09. The number of aryl methyl sites for hydroxylation is 1. The Kier molecular flexibility index (Phi) is 2.23. The molecular weight excluding hydrogens is 190 g/mol. The maximum atomic E-state index is 11.2. The summed E-state index contributed by atoms with van der Waals surface area (Å²) in [5, 5.41) is 12.2. The number of aliphatic hydroxyl groups excluding tert-OH is 1. The number of rotatable bonds is 1. The molecule has 0 radical (unpaired) electrons. The van der Waals surface area contributed by atoms with Crippen molar-refractivity contribution in [1.29, 1.82) is 0 Å². The average Bonchev–Trinajstić information content (AvgIpc) is 2.46. The van der Waals surface area contributed by atoms with Gasteiger partial charge in [0.25, 0.3) is 5.91 Å². The lowest BCUT2D eigenvalue weighted by atomic mass is 10.0. The van der Waals surface area contributed by atoms with Gasteiger partial charge in [0.2, 0.25) is 0 Å². The minimum atomic E-state index is -0.390. The van der Waals surface area contributed by atoms with Crippen molar-refractivity contribution in [3.8, 4) is 0 Å². The van der Waals surface area contributed by atoms with Gasteiger partial charge < -0.3 is 10.4 Å². The van der Waals surface area contributed by atoms with E-state index in [0.29, 0.717) is 5.57 Å². The van der Waals surface area contributed by atoms with E-state index in [0.717, 1.165) is 11.1 Å². The third-order valence-corrected chi connectivity index (χ3v) is 2.67. The van der Waals surface area contributed by atoms with Crippen molar-refractivity contribution < 1.29 is 9.90 Å². The van der Waals surface area contributed by atoms with Crippen LogP contribution < -0.4 is 5.32 Å². The number of nitrogens with one attached hydrogen (secondary N) is 1. The van der Waals surface area contributed by atoms with Gasteiger partial charge in [-0.3, -0.25) is 4.79 Å². The van der Waals surface area contributed by atoms with E-state index in [2.05, 4.69) is 5.32 Å². The minimum Gasteiger partial charge on any atom is -0.503 e. The highest BCUT2D eigenvalue weighted by Gasteiger charge is 2.29. The number of hydrogen-bond donors (Lipinski definition) is 2. The first-order valence-electron chi connectivity index (χ1n) is 4.87. The van der Waals surface area contributed by atoms with Crippen LogP contribution in [0.1, 0.15) is 24.1 Å². The third kappa shape index (κ3) is 1.61. The van der Waals surface area contributed by atoms with E-state index in [1.807, 2.05) is 31.2 Å². The lowest BCUT2D eigenvalue weighted by molar-refractivity contribution is -0.119. The van der Waals surface area contributed by atoms with Crippen LogP contribution in [0, 0.1) is 6.92 Å². The zero-order valence-electron chi connectivity index (χ0n) is 8.74. The van der Waals surface area contributed by atoms with Crippen molar-refractivity contribution in [3.63, 3.8) is 0 Å². The fourth-order valence-corrected chi connectivity index (χ4v) is 1.81. The van der Waals surface area contributed by atoms with E-state index >= 15 is 0 Å². The summed E-state index contributed by atoms with van der Waals surface area (Å²) < 4.78 is 0. The van der Waals surface area contributed by atoms with Gasteiger partial charge in [-0.25, -0.2) is 0 Å². The molecule has 0 saturated heterocycles. The molecule has 1 aliphatic rings. The second kappa shape index (κ2) is 3.42. The van der Waals surface area contributed by atoms with E-state index in [4.69, 9.17) is 0 Å². The standard InChI is InChI=1S/C12H13NO2/c1-7-4-3-5-9(6-7)10-8(2)11(14)12(15)13-10/h3-6,10,14H,1-2H3,(H,13,15). The molecule has 1 aromatic carbocycles. The van der Waals surface area contributed by atoms with Crippen LogP contribution in [0.5, 0.6) is 0 Å². The van der Waals surface area contributed by atoms with Crippen molar-refractivity contribution in [2.75, 3.05) is 0 Å². The van der Waals surface area contributed by atoms with Gasteiger partial charge in [-0.15, -0.1) is 0 Å². The number of carbonyl (C=O) groups excluding carboxylic acids is 1. The van der Waals surface area contributed by atoms with Gasteiger partial charge in [-0.05, 0) is 19.4 Å². The van der Waals surface area contributed by atoms with Gasteiger partial charge in [0.1, 0.15) is 0 Å². The van der Waals surface area contributed by atoms with Gasteiger partial charge in [0, 0.05) is 5.57 Å². The van der Waals surface area contributed by atoms with E-state index in [9.17, 15) is 9.90 Å². The Balaban J connectivity index is 2.39. The molecule has 2 rings (SSSR count). The molecule has 0 bridgehead atoms. The Morgan fingerprint density at radius 3 is 2.60 bits per heavy atom. The molecule has 0 aliphatic carbocycles. The van der Waals surface area contributed by atoms with Gasteiger partial charge >= 0.3 is 0 Å². The zero-order valence-corrected chi connectivity index (χ0v) is 8.74. The van der Waals surface area contributed by atoms with E-state index in [1.54, 1.807) is 6.92 Å². The van der Waals surface area contributed by atoms with Crippen LogP contribution in [0.25, 0.3) is 0 Å². The smallest absolute Gasteiger partial charge is 0.286 e. The van der Waals surface area contributed by atoms with Crippen LogP contribution in [0.4, 0.5) is 0 Å². The van der Waals surface area contributed by atoms with Gasteiger partial charge in [-0.1, -0.05) is 29.8 Å². The number of benzene rings is 1. The fraction of sp³-hybridized carbons (Fsp3) is 0.250. The normalized spacial score (nSPS) is 20.7. The summed E-state index contributed by atoms with van der Waals surface area (Å²) in [6.07, 6.45) is 0. The van der Waals surface area contributed by atoms with Crippen molar-refractivity contribution >= 4 is 5.91 Å². The first-order valence-corrected chi connectivity index (χ1v) is 4.87. The third-order valence-electron chi connectivity index (χ3n) is 2.67. The highest BCUT2D eigenvalue weighted by Crippen LogP contribution is 2.28. The Hall–Kier alpha value is -1.77. The monoisotopic (exact) mass is 203 g/mol. The molecule has 0 saturated carbocycles. The maximum absolute atomic E-state index is 11.2. The van der Waals surface area contributed by atoms with E-state index in [1.165, 1.54) is 0 Å². The fourth-order valence-electron chi connectivity index (χ4n) is 1.81. The quantitative estimate of drug-likeness (QED) is 0.733. The molecule has 15 heavy (non-hydrogen) atoms. The Bertz CT molecular complexity index is 449. The van der Waals surface area contributed by atoms with Crippen molar-refractivity contribution in [3.05, 3.63) is 46.7 Å². The van der Waals surface area contributed by atoms with Crippen LogP contribution in [0.15, 0.2) is 35.6 Å². The lowest BCUT2D eigenvalue weighted by Gasteiger charge is -2.12. The molecular formula is C12H13NO2. The molecule has 1 unspecified atom stereocenters. The number of aliphatic hydroxyl groups is 1. The summed E-state index contributed by atoms with van der Waals surface area (Å²) in [5.74, 6) is -0.541. The van der Waals surface area contributed by atoms with Crippen molar-refractivity contribution in [2.45, 2.75) is 19.9 Å². The summed E-state index contributed by atoms with van der Waals surface area (Å²) in [7, 11) is 0. The predicted molar refractivity (Wildman–Crippen MR) is 57.4 cm³/mol. The summed E-state index contributed by atoms with van der Waals surface area (Å²) in [6, 6.07) is 7.71. The molecule has 0 aromatic heterocycles. The molecule has 0 fully saturated rings. The highest BCUT2D eigenvalue weighted by atomic mass is 16.3. The van der Waals surface area contributed by atoms with Crippen LogP contribution in [-0.4, -0.2) is 11.0 Å². The van der Waals surface area contributed by atoms with E-state index in [-0.39, 0.29) is 17.7 Å². The molecule has 1 aliphatic heterocycles. The first kappa shape index (κ1) is 9.77. The van der Waals surface area contributed by atoms with Gasteiger partial charge in [0.05, 0.1) is 6.04 Å². The minimum absolute atomic E-state index is 0.151. The SMILES string of the molecule is CC1=C(O)C(=O)NC1c1cccc(C)c1. The highest BCUT2D eigenvalue weighted by molar-refractivity contribution is 5.95. The predicted octanol–water partition coefficient (Wildman–Crippen LogP) is 2.00.